The van der Waals surface area contributed by atoms with Gasteiger partial charge >= 0.3 is 5.97 Å². The molecule has 0 heterocycles. The van der Waals surface area contributed by atoms with Crippen LogP contribution in [-0.4, -0.2) is 28.7 Å². The average molecular weight is 358 g/mol. The van der Waals surface area contributed by atoms with Crippen molar-refractivity contribution >= 4 is 34.9 Å². The highest BCUT2D eigenvalue weighted by atomic mass is 32.1. The maximum absolute atomic E-state index is 11.9. The molecular formula is C18H18N2O4S. The van der Waals surface area contributed by atoms with Gasteiger partial charge in [-0.25, -0.2) is 4.79 Å². The predicted octanol–water partition coefficient (Wildman–Crippen LogP) is 2.89. The average Bonchev–Trinajstić information content (AvgIpc) is 2.52. The minimum atomic E-state index is -1.01. The Labute approximate surface area is 150 Å². The minimum absolute atomic E-state index is 0.108. The fourth-order valence-corrected chi connectivity index (χ4v) is 2.42. The number of carboxylic acids is 1. The molecule has 2 rings (SSSR count). The van der Waals surface area contributed by atoms with Crippen LogP contribution in [-0.2, 0) is 4.79 Å². The van der Waals surface area contributed by atoms with Crippen molar-refractivity contribution in [2.45, 2.75) is 13.8 Å². The Balaban J connectivity index is 1.83. The van der Waals surface area contributed by atoms with Crippen LogP contribution < -0.4 is 15.4 Å². The van der Waals surface area contributed by atoms with Crippen LogP contribution in [0.1, 0.15) is 21.5 Å². The summed E-state index contributed by atoms with van der Waals surface area (Å²) in [4.78, 5) is 22.7. The second-order valence-electron chi connectivity index (χ2n) is 5.50. The molecule has 0 saturated carbocycles. The van der Waals surface area contributed by atoms with Gasteiger partial charge in [-0.05, 0) is 73.6 Å². The largest absolute Gasteiger partial charge is 0.484 e. The first-order chi connectivity index (χ1) is 11.8. The molecule has 0 aromatic heterocycles. The zero-order valence-corrected chi connectivity index (χ0v) is 14.6. The van der Waals surface area contributed by atoms with Crippen molar-refractivity contribution in [1.82, 2.24) is 5.32 Å². The van der Waals surface area contributed by atoms with Crippen molar-refractivity contribution < 1.29 is 19.4 Å². The van der Waals surface area contributed by atoms with Gasteiger partial charge in [0, 0.05) is 5.69 Å². The minimum Gasteiger partial charge on any atom is -0.484 e. The zero-order valence-electron chi connectivity index (χ0n) is 13.8. The third-order valence-corrected chi connectivity index (χ3v) is 3.41. The number of thiocarbonyl (C=S) groups is 1. The molecular weight excluding hydrogens is 340 g/mol. The number of aromatic carboxylic acids is 1. The highest BCUT2D eigenvalue weighted by molar-refractivity contribution is 7.80. The Morgan fingerprint density at radius 2 is 1.68 bits per heavy atom. The van der Waals surface area contributed by atoms with E-state index >= 15 is 0 Å². The Morgan fingerprint density at radius 3 is 2.24 bits per heavy atom. The molecule has 1 amide bonds. The first kappa shape index (κ1) is 18.4. The number of aryl methyl sites for hydroxylation is 2. The number of anilines is 1. The van der Waals surface area contributed by atoms with E-state index in [1.54, 1.807) is 12.1 Å². The molecule has 0 saturated heterocycles. The number of hydrogen-bond donors (Lipinski definition) is 3. The lowest BCUT2D eigenvalue weighted by atomic mass is 10.1. The Morgan fingerprint density at radius 1 is 1.08 bits per heavy atom. The lowest BCUT2D eigenvalue weighted by molar-refractivity contribution is -0.121. The van der Waals surface area contributed by atoms with Crippen molar-refractivity contribution in [3.63, 3.8) is 0 Å². The van der Waals surface area contributed by atoms with E-state index in [0.29, 0.717) is 11.4 Å². The van der Waals surface area contributed by atoms with Crippen LogP contribution in [0.4, 0.5) is 5.69 Å². The Kier molecular flexibility index (Phi) is 6.08. The van der Waals surface area contributed by atoms with E-state index < -0.39 is 5.97 Å². The van der Waals surface area contributed by atoms with Crippen molar-refractivity contribution in [1.29, 1.82) is 0 Å². The molecule has 130 valence electrons. The third kappa shape index (κ3) is 5.89. The van der Waals surface area contributed by atoms with Gasteiger partial charge in [-0.15, -0.1) is 0 Å². The lowest BCUT2D eigenvalue weighted by Gasteiger charge is -2.11. The maximum Gasteiger partial charge on any atom is 0.335 e. The molecule has 0 aliphatic heterocycles. The van der Waals surface area contributed by atoms with Gasteiger partial charge < -0.3 is 15.2 Å². The molecule has 3 N–H and O–H groups in total. The SMILES string of the molecule is Cc1cc(C)cc(OCC(=O)NC(=S)Nc2ccc(C(=O)O)cc2)c1. The lowest BCUT2D eigenvalue weighted by Crippen LogP contribution is -2.37. The zero-order chi connectivity index (χ0) is 18.4. The number of benzene rings is 2. The van der Waals surface area contributed by atoms with Gasteiger partial charge in [0.15, 0.2) is 11.7 Å². The first-order valence-corrected chi connectivity index (χ1v) is 7.89. The summed E-state index contributed by atoms with van der Waals surface area (Å²) in [5.41, 5.74) is 2.85. The summed E-state index contributed by atoms with van der Waals surface area (Å²) in [6.07, 6.45) is 0. The van der Waals surface area contributed by atoms with Crippen LogP contribution in [0.25, 0.3) is 0 Å². The molecule has 6 nitrogen and oxygen atoms in total. The van der Waals surface area contributed by atoms with E-state index in [1.807, 2.05) is 32.0 Å². The molecule has 0 atom stereocenters. The number of ether oxygens (including phenoxy) is 1. The second kappa shape index (κ2) is 8.25. The van der Waals surface area contributed by atoms with Gasteiger partial charge in [-0.2, -0.15) is 0 Å². The van der Waals surface area contributed by atoms with Gasteiger partial charge in [-0.1, -0.05) is 6.07 Å². The number of rotatable bonds is 5. The molecule has 0 fully saturated rings. The topological polar surface area (TPSA) is 87.7 Å². The van der Waals surface area contributed by atoms with E-state index in [4.69, 9.17) is 22.1 Å². The van der Waals surface area contributed by atoms with Gasteiger partial charge in [0.25, 0.3) is 5.91 Å². The molecule has 0 unspecified atom stereocenters. The molecule has 0 bridgehead atoms. The van der Waals surface area contributed by atoms with Crippen LogP contribution in [0.5, 0.6) is 5.75 Å². The van der Waals surface area contributed by atoms with Gasteiger partial charge in [0.1, 0.15) is 5.75 Å². The molecule has 2 aromatic rings. The van der Waals surface area contributed by atoms with Gasteiger partial charge in [0.2, 0.25) is 0 Å². The van der Waals surface area contributed by atoms with Crippen molar-refractivity contribution in [3.05, 3.63) is 59.2 Å². The standard InChI is InChI=1S/C18H18N2O4S/c1-11-7-12(2)9-15(8-11)24-10-16(21)20-18(25)19-14-5-3-13(4-6-14)17(22)23/h3-9H,10H2,1-2H3,(H,22,23)(H2,19,20,21,25). The van der Waals surface area contributed by atoms with Crippen LogP contribution in [0.2, 0.25) is 0 Å². The number of carboxylic acid groups (broad SMARTS) is 1. The molecule has 25 heavy (non-hydrogen) atoms. The molecule has 0 radical (unpaired) electrons. The number of amides is 1. The molecule has 0 spiro atoms. The molecule has 7 heteroatoms. The van der Waals surface area contributed by atoms with Crippen LogP contribution in [0.3, 0.4) is 0 Å². The summed E-state index contributed by atoms with van der Waals surface area (Å²) in [5, 5.41) is 14.3. The van der Waals surface area contributed by atoms with Crippen LogP contribution in [0.15, 0.2) is 42.5 Å². The number of nitrogens with one attached hydrogen (secondary N) is 2. The number of hydrogen-bond acceptors (Lipinski definition) is 4. The smallest absolute Gasteiger partial charge is 0.335 e. The summed E-state index contributed by atoms with van der Waals surface area (Å²) in [7, 11) is 0. The Bertz CT molecular complexity index is 783. The van der Waals surface area contributed by atoms with E-state index in [2.05, 4.69) is 10.6 Å². The summed E-state index contributed by atoms with van der Waals surface area (Å²) in [6, 6.07) is 11.7. The van der Waals surface area contributed by atoms with Gasteiger partial charge in [-0.3, -0.25) is 10.1 Å². The Hall–Kier alpha value is -2.93. The summed E-state index contributed by atoms with van der Waals surface area (Å²) in [5.74, 6) is -0.777. The predicted molar refractivity (Wildman–Crippen MR) is 99.2 cm³/mol. The van der Waals surface area contributed by atoms with E-state index in [-0.39, 0.29) is 23.2 Å². The quantitative estimate of drug-likeness (QED) is 0.713. The summed E-state index contributed by atoms with van der Waals surface area (Å²) >= 11 is 5.05. The highest BCUT2D eigenvalue weighted by Gasteiger charge is 2.07. The third-order valence-electron chi connectivity index (χ3n) is 3.21. The van der Waals surface area contributed by atoms with E-state index in [1.165, 1.54) is 12.1 Å². The van der Waals surface area contributed by atoms with Gasteiger partial charge in [0.05, 0.1) is 5.56 Å². The molecule has 0 aliphatic rings. The van der Waals surface area contributed by atoms with Crippen molar-refractivity contribution in [2.75, 3.05) is 11.9 Å². The van der Waals surface area contributed by atoms with Crippen molar-refractivity contribution in [2.24, 2.45) is 0 Å². The number of carbonyl (C=O) groups excluding carboxylic acids is 1. The van der Waals surface area contributed by atoms with E-state index in [0.717, 1.165) is 11.1 Å². The fraction of sp³-hybridized carbons (Fsp3) is 0.167. The normalized spacial score (nSPS) is 10.0. The van der Waals surface area contributed by atoms with Crippen LogP contribution in [0, 0.1) is 13.8 Å². The molecule has 0 aliphatic carbocycles. The monoisotopic (exact) mass is 358 g/mol. The van der Waals surface area contributed by atoms with Crippen molar-refractivity contribution in [3.8, 4) is 5.75 Å². The summed E-state index contributed by atoms with van der Waals surface area (Å²) < 4.78 is 5.46. The van der Waals surface area contributed by atoms with E-state index in [9.17, 15) is 9.59 Å². The highest BCUT2D eigenvalue weighted by Crippen LogP contribution is 2.16. The van der Waals surface area contributed by atoms with Crippen LogP contribution >= 0.6 is 12.2 Å². The summed E-state index contributed by atoms with van der Waals surface area (Å²) in [6.45, 7) is 3.74. The first-order valence-electron chi connectivity index (χ1n) is 7.49. The second-order valence-corrected chi connectivity index (χ2v) is 5.91. The fourth-order valence-electron chi connectivity index (χ4n) is 2.19. The number of carbonyl (C=O) groups is 2. The molecule has 2 aromatic carbocycles. The maximum atomic E-state index is 11.9.